The highest BCUT2D eigenvalue weighted by atomic mass is 16.7. The maximum Gasteiger partial charge on any atom is 0.184 e. The number of ether oxygens (including phenoxy) is 3. The van der Waals surface area contributed by atoms with Crippen LogP contribution >= 0.6 is 0 Å². The molecule has 4 nitrogen and oxygen atoms in total. The van der Waals surface area contributed by atoms with Crippen molar-refractivity contribution in [2.24, 2.45) is 0 Å². The van der Waals surface area contributed by atoms with Gasteiger partial charge in [0.15, 0.2) is 6.29 Å². The van der Waals surface area contributed by atoms with E-state index >= 15 is 0 Å². The van der Waals surface area contributed by atoms with Gasteiger partial charge in [-0.3, -0.25) is 0 Å². The third kappa shape index (κ3) is 2.90. The highest BCUT2D eigenvalue weighted by Gasteiger charge is 2.47. The number of hydrogen-bond acceptors (Lipinski definition) is 4. The molecule has 5 atom stereocenters. The fourth-order valence-corrected chi connectivity index (χ4v) is 3.02. The van der Waals surface area contributed by atoms with Gasteiger partial charge in [-0.2, -0.15) is 0 Å². The average molecular weight is 290 g/mol. The normalized spacial score (nSPS) is 40.1. The van der Waals surface area contributed by atoms with Gasteiger partial charge in [0.1, 0.15) is 11.7 Å². The van der Waals surface area contributed by atoms with Crippen molar-refractivity contribution in [3.8, 4) is 0 Å². The molecule has 3 rings (SSSR count). The maximum absolute atomic E-state index is 10.1. The topological polar surface area (TPSA) is 47.9 Å². The average Bonchev–Trinajstić information content (AvgIpc) is 2.64. The van der Waals surface area contributed by atoms with Gasteiger partial charge in [-0.1, -0.05) is 36.4 Å². The van der Waals surface area contributed by atoms with Crippen molar-refractivity contribution in [1.29, 1.82) is 0 Å². The second-order valence-corrected chi connectivity index (χ2v) is 5.95. The molecule has 4 heteroatoms. The molecule has 0 aliphatic carbocycles. The first kappa shape index (κ1) is 14.7. The van der Waals surface area contributed by atoms with Crippen molar-refractivity contribution >= 4 is 0 Å². The minimum Gasteiger partial charge on any atom is -0.390 e. The predicted molar refractivity (Wildman–Crippen MR) is 78.7 cm³/mol. The van der Waals surface area contributed by atoms with Crippen LogP contribution in [0, 0.1) is 0 Å². The van der Waals surface area contributed by atoms with E-state index in [1.54, 1.807) is 6.08 Å². The van der Waals surface area contributed by atoms with Gasteiger partial charge >= 0.3 is 0 Å². The Morgan fingerprint density at radius 1 is 1.29 bits per heavy atom. The van der Waals surface area contributed by atoms with Crippen LogP contribution in [0.5, 0.6) is 0 Å². The minimum atomic E-state index is -0.554. The molecule has 0 aromatic heterocycles. The quantitative estimate of drug-likeness (QED) is 0.851. The van der Waals surface area contributed by atoms with Crippen LogP contribution in [-0.2, 0) is 14.2 Å². The molecule has 2 heterocycles. The summed E-state index contributed by atoms with van der Waals surface area (Å²) < 4.78 is 18.0. The summed E-state index contributed by atoms with van der Waals surface area (Å²) in [6, 6.07) is 9.89. The van der Waals surface area contributed by atoms with E-state index in [2.05, 4.69) is 6.58 Å². The molecule has 21 heavy (non-hydrogen) atoms. The lowest BCUT2D eigenvalue weighted by molar-refractivity contribution is -0.303. The molecule has 1 aromatic rings. The van der Waals surface area contributed by atoms with E-state index in [1.165, 1.54) is 0 Å². The largest absolute Gasteiger partial charge is 0.390 e. The zero-order valence-electron chi connectivity index (χ0n) is 12.3. The molecular formula is C17H22O4. The van der Waals surface area contributed by atoms with E-state index in [0.29, 0.717) is 13.0 Å². The lowest BCUT2D eigenvalue weighted by atomic mass is 9.94. The third-order valence-corrected chi connectivity index (χ3v) is 4.30. The third-order valence-electron chi connectivity index (χ3n) is 4.30. The van der Waals surface area contributed by atoms with Gasteiger partial charge in [-0.05, 0) is 19.8 Å². The summed E-state index contributed by atoms with van der Waals surface area (Å²) in [5.74, 6) is 0. The van der Waals surface area contributed by atoms with Crippen molar-refractivity contribution in [2.75, 3.05) is 6.61 Å². The molecule has 0 radical (unpaired) electrons. The van der Waals surface area contributed by atoms with Gasteiger partial charge in [-0.15, -0.1) is 6.58 Å². The molecule has 0 saturated carbocycles. The summed E-state index contributed by atoms with van der Waals surface area (Å²) in [5.41, 5.74) is 0.450. The molecule has 0 unspecified atom stereocenters. The smallest absolute Gasteiger partial charge is 0.184 e. The first-order chi connectivity index (χ1) is 10.1. The molecule has 2 fully saturated rings. The summed E-state index contributed by atoms with van der Waals surface area (Å²) in [6.07, 6.45) is 1.65. The van der Waals surface area contributed by atoms with Gasteiger partial charge in [-0.25, -0.2) is 0 Å². The second kappa shape index (κ2) is 5.89. The summed E-state index contributed by atoms with van der Waals surface area (Å²) in [7, 11) is 0. The molecule has 0 bridgehead atoms. The van der Waals surface area contributed by atoms with Crippen LogP contribution in [0.4, 0.5) is 0 Å². The van der Waals surface area contributed by atoms with Gasteiger partial charge in [0.25, 0.3) is 0 Å². The van der Waals surface area contributed by atoms with E-state index in [9.17, 15) is 5.11 Å². The zero-order valence-corrected chi connectivity index (χ0v) is 12.3. The lowest BCUT2D eigenvalue weighted by Crippen LogP contribution is -2.52. The van der Waals surface area contributed by atoms with E-state index < -0.39 is 11.7 Å². The predicted octanol–water partition coefficient (Wildman–Crippen LogP) is 2.59. The lowest BCUT2D eigenvalue weighted by Gasteiger charge is -2.43. The van der Waals surface area contributed by atoms with Crippen LogP contribution in [0.3, 0.4) is 0 Å². The van der Waals surface area contributed by atoms with Crippen molar-refractivity contribution in [3.63, 3.8) is 0 Å². The van der Waals surface area contributed by atoms with Crippen LogP contribution in [0.2, 0.25) is 0 Å². The van der Waals surface area contributed by atoms with E-state index in [0.717, 1.165) is 12.0 Å². The molecular weight excluding hydrogens is 268 g/mol. The SMILES string of the molecule is C=C[C@@H]1O[C@@]2(C)CO[C@H](c3ccccc3)O[C@@H]2CC[C@@H]1O. The second-order valence-electron chi connectivity index (χ2n) is 5.95. The van der Waals surface area contributed by atoms with Gasteiger partial charge in [0, 0.05) is 5.56 Å². The summed E-state index contributed by atoms with van der Waals surface area (Å²) >= 11 is 0. The molecule has 0 spiro atoms. The van der Waals surface area contributed by atoms with Gasteiger partial charge < -0.3 is 19.3 Å². The molecule has 2 aliphatic rings. The number of fused-ring (bicyclic) bond motifs is 1. The van der Waals surface area contributed by atoms with Gasteiger partial charge in [0.05, 0.1) is 18.8 Å². The van der Waals surface area contributed by atoms with Crippen molar-refractivity contribution < 1.29 is 19.3 Å². The van der Waals surface area contributed by atoms with Gasteiger partial charge in [0.2, 0.25) is 0 Å². The van der Waals surface area contributed by atoms with Crippen LogP contribution in [0.15, 0.2) is 43.0 Å². The summed E-state index contributed by atoms with van der Waals surface area (Å²) in [4.78, 5) is 0. The summed E-state index contributed by atoms with van der Waals surface area (Å²) in [6.45, 7) is 6.16. The molecule has 1 N–H and O–H groups in total. The molecule has 2 aliphatic heterocycles. The Kier molecular flexibility index (Phi) is 4.13. The van der Waals surface area contributed by atoms with Crippen LogP contribution in [-0.4, -0.2) is 35.6 Å². The van der Waals surface area contributed by atoms with Crippen molar-refractivity contribution in [2.45, 2.75) is 50.0 Å². The molecule has 2 saturated heterocycles. The Morgan fingerprint density at radius 3 is 2.76 bits per heavy atom. The van der Waals surface area contributed by atoms with E-state index in [1.807, 2.05) is 37.3 Å². The Hall–Kier alpha value is -1.20. The molecule has 0 amide bonds. The highest BCUT2D eigenvalue weighted by molar-refractivity contribution is 5.17. The molecule has 114 valence electrons. The van der Waals surface area contributed by atoms with Crippen LogP contribution < -0.4 is 0 Å². The zero-order chi connectivity index (χ0) is 14.9. The minimum absolute atomic E-state index is 0.101. The number of aliphatic hydroxyl groups excluding tert-OH is 1. The number of rotatable bonds is 2. The molecule has 1 aromatic carbocycles. The first-order valence-electron chi connectivity index (χ1n) is 7.43. The van der Waals surface area contributed by atoms with Crippen molar-refractivity contribution in [1.82, 2.24) is 0 Å². The monoisotopic (exact) mass is 290 g/mol. The maximum atomic E-state index is 10.1. The van der Waals surface area contributed by atoms with E-state index in [-0.39, 0.29) is 18.5 Å². The Morgan fingerprint density at radius 2 is 2.05 bits per heavy atom. The van der Waals surface area contributed by atoms with Crippen LogP contribution in [0.25, 0.3) is 0 Å². The Labute approximate surface area is 125 Å². The highest BCUT2D eigenvalue weighted by Crippen LogP contribution is 2.39. The fraction of sp³-hybridized carbons (Fsp3) is 0.529. The standard InChI is InChI=1S/C17H22O4/c1-3-14-13(18)9-10-15-17(2,21-14)11-19-16(20-15)12-7-5-4-6-8-12/h3-8,13-16,18H,1,9-11H2,2H3/t13-,14-,15+,16-,17-/m0/s1. The fourth-order valence-electron chi connectivity index (χ4n) is 3.02. The number of hydrogen-bond donors (Lipinski definition) is 1. The van der Waals surface area contributed by atoms with Crippen LogP contribution in [0.1, 0.15) is 31.6 Å². The first-order valence-corrected chi connectivity index (χ1v) is 7.43. The Bertz CT molecular complexity index is 489. The number of benzene rings is 1. The summed E-state index contributed by atoms with van der Waals surface area (Å²) in [5, 5.41) is 10.1. The van der Waals surface area contributed by atoms with E-state index in [4.69, 9.17) is 14.2 Å². The number of aliphatic hydroxyl groups is 1. The Balaban J connectivity index is 1.78. The van der Waals surface area contributed by atoms with Crippen molar-refractivity contribution in [3.05, 3.63) is 48.6 Å².